The van der Waals surface area contributed by atoms with E-state index in [1.54, 1.807) is 6.92 Å². The molecule has 1 unspecified atom stereocenters. The van der Waals surface area contributed by atoms with Crippen molar-refractivity contribution in [3.05, 3.63) is 0 Å². The summed E-state index contributed by atoms with van der Waals surface area (Å²) in [4.78, 5) is 1.98. The molecule has 1 heterocycles. The second-order valence-electron chi connectivity index (χ2n) is 3.41. The van der Waals surface area contributed by atoms with Crippen LogP contribution in [0.1, 0.15) is 19.8 Å². The van der Waals surface area contributed by atoms with Gasteiger partial charge in [-0.05, 0) is 33.4 Å². The molecule has 1 N–H and O–H groups in total. The Labute approximate surface area is 73.3 Å². The molecule has 0 aromatic heterocycles. The quantitative estimate of drug-likeness (QED) is 0.643. The van der Waals surface area contributed by atoms with Crippen LogP contribution in [0.25, 0.3) is 0 Å². The molecule has 4 nitrogen and oxygen atoms in total. The van der Waals surface area contributed by atoms with Crippen LogP contribution in [0.2, 0.25) is 0 Å². The fourth-order valence-corrected chi connectivity index (χ4v) is 2.47. The maximum Gasteiger partial charge on any atom is 0.269 e. The predicted octanol–water partition coefficient (Wildman–Crippen LogP) is 0.357. The average Bonchev–Trinajstić information content (AvgIpc) is 2.31. The summed E-state index contributed by atoms with van der Waals surface area (Å²) in [5.74, 6) is 0. The van der Waals surface area contributed by atoms with Crippen molar-refractivity contribution in [2.45, 2.75) is 31.1 Å². The summed E-state index contributed by atoms with van der Waals surface area (Å²) in [6.07, 6.45) is 1.87. The summed E-state index contributed by atoms with van der Waals surface area (Å²) in [5, 5.41) is -0.662. The Morgan fingerprint density at radius 2 is 2.17 bits per heavy atom. The number of rotatable bonds is 2. The van der Waals surface area contributed by atoms with Gasteiger partial charge in [-0.1, -0.05) is 0 Å². The fourth-order valence-electron chi connectivity index (χ4n) is 1.73. The maximum absolute atomic E-state index is 10.8. The van der Waals surface area contributed by atoms with Crippen LogP contribution in [0.4, 0.5) is 0 Å². The number of hydrogen-bond donors (Lipinski definition) is 1. The van der Waals surface area contributed by atoms with Gasteiger partial charge in [-0.15, -0.1) is 0 Å². The lowest BCUT2D eigenvalue weighted by molar-refractivity contribution is 0.297. The second kappa shape index (κ2) is 3.32. The van der Waals surface area contributed by atoms with Gasteiger partial charge in [0, 0.05) is 6.04 Å². The van der Waals surface area contributed by atoms with Crippen molar-refractivity contribution in [3.63, 3.8) is 0 Å². The van der Waals surface area contributed by atoms with Crippen molar-refractivity contribution in [2.24, 2.45) is 0 Å². The molecule has 1 fully saturated rings. The summed E-state index contributed by atoms with van der Waals surface area (Å²) >= 11 is 0. The largest absolute Gasteiger partial charge is 0.302 e. The van der Waals surface area contributed by atoms with Gasteiger partial charge in [-0.25, -0.2) is 0 Å². The van der Waals surface area contributed by atoms with Crippen molar-refractivity contribution in [3.8, 4) is 0 Å². The van der Waals surface area contributed by atoms with Gasteiger partial charge in [0.05, 0.1) is 5.25 Å². The first kappa shape index (κ1) is 9.95. The Balaban J connectivity index is 2.70. The highest BCUT2D eigenvalue weighted by atomic mass is 32.2. The Morgan fingerprint density at radius 3 is 2.50 bits per heavy atom. The van der Waals surface area contributed by atoms with Crippen LogP contribution in [-0.2, 0) is 10.1 Å². The molecule has 0 radical (unpaired) electrons. The van der Waals surface area contributed by atoms with Gasteiger partial charge in [0.25, 0.3) is 10.1 Å². The summed E-state index contributed by atoms with van der Waals surface area (Å²) < 4.78 is 30.4. The summed E-state index contributed by atoms with van der Waals surface area (Å²) in [6.45, 7) is 2.48. The fraction of sp³-hybridized carbons (Fsp3) is 1.00. The normalized spacial score (nSPS) is 29.1. The van der Waals surface area contributed by atoms with E-state index in [-0.39, 0.29) is 6.04 Å². The highest BCUT2D eigenvalue weighted by Gasteiger charge is 2.33. The van der Waals surface area contributed by atoms with Gasteiger partial charge in [-0.3, -0.25) is 4.55 Å². The smallest absolute Gasteiger partial charge is 0.269 e. The van der Waals surface area contributed by atoms with E-state index in [2.05, 4.69) is 0 Å². The SMILES string of the molecule is CC([C@@H]1CCCN1C)S(=O)(=O)O. The molecule has 0 aliphatic carbocycles. The molecule has 1 saturated heterocycles. The van der Waals surface area contributed by atoms with Gasteiger partial charge in [0.15, 0.2) is 0 Å². The molecule has 0 aromatic rings. The summed E-state index contributed by atoms with van der Waals surface area (Å²) in [6, 6.07) is -0.0139. The van der Waals surface area contributed by atoms with Crippen LogP contribution < -0.4 is 0 Å². The van der Waals surface area contributed by atoms with E-state index in [1.165, 1.54) is 0 Å². The van der Waals surface area contributed by atoms with Gasteiger partial charge in [0.1, 0.15) is 0 Å². The van der Waals surface area contributed by atoms with E-state index in [9.17, 15) is 8.42 Å². The minimum Gasteiger partial charge on any atom is -0.302 e. The van der Waals surface area contributed by atoms with Crippen LogP contribution in [0.15, 0.2) is 0 Å². The minimum atomic E-state index is -3.86. The van der Waals surface area contributed by atoms with Crippen LogP contribution in [0, 0.1) is 0 Å². The van der Waals surface area contributed by atoms with Crippen LogP contribution in [-0.4, -0.2) is 42.8 Å². The molecule has 0 saturated carbocycles. The molecule has 1 aliphatic heterocycles. The molecule has 0 amide bonds. The number of nitrogens with zero attached hydrogens (tertiary/aromatic N) is 1. The zero-order valence-corrected chi connectivity index (χ0v) is 8.21. The van der Waals surface area contributed by atoms with Gasteiger partial charge < -0.3 is 4.90 Å². The Kier molecular flexibility index (Phi) is 2.75. The average molecular weight is 193 g/mol. The molecule has 2 atom stereocenters. The Bertz CT molecular complexity index is 249. The van der Waals surface area contributed by atoms with Crippen LogP contribution >= 0.6 is 0 Å². The predicted molar refractivity (Wildman–Crippen MR) is 46.7 cm³/mol. The topological polar surface area (TPSA) is 57.6 Å². The molecular weight excluding hydrogens is 178 g/mol. The standard InChI is InChI=1S/C7H15NO3S/c1-6(12(9,10)11)7-4-3-5-8(7)2/h6-7H,3-5H2,1-2H3,(H,9,10,11)/t6?,7-/m0/s1. The third kappa shape index (κ3) is 1.97. The Morgan fingerprint density at radius 1 is 1.58 bits per heavy atom. The molecule has 72 valence electrons. The molecule has 0 aromatic carbocycles. The molecule has 1 aliphatic rings. The summed E-state index contributed by atoms with van der Waals surface area (Å²) in [5.41, 5.74) is 0. The number of hydrogen-bond acceptors (Lipinski definition) is 3. The van der Waals surface area contributed by atoms with Gasteiger partial charge in [-0.2, -0.15) is 8.42 Å². The van der Waals surface area contributed by atoms with E-state index >= 15 is 0 Å². The third-order valence-electron chi connectivity index (χ3n) is 2.59. The first-order chi connectivity index (χ1) is 5.43. The molecule has 0 bridgehead atoms. The maximum atomic E-state index is 10.8. The second-order valence-corrected chi connectivity index (χ2v) is 5.18. The van der Waals surface area contributed by atoms with Crippen molar-refractivity contribution < 1.29 is 13.0 Å². The van der Waals surface area contributed by atoms with E-state index in [1.807, 2.05) is 11.9 Å². The Hall–Kier alpha value is -0.130. The molecule has 12 heavy (non-hydrogen) atoms. The lowest BCUT2D eigenvalue weighted by atomic mass is 10.2. The van der Waals surface area contributed by atoms with Gasteiger partial charge >= 0.3 is 0 Å². The van der Waals surface area contributed by atoms with E-state index < -0.39 is 15.4 Å². The van der Waals surface area contributed by atoms with E-state index in [0.717, 1.165) is 19.4 Å². The lowest BCUT2D eigenvalue weighted by Gasteiger charge is -2.23. The van der Waals surface area contributed by atoms with Crippen LogP contribution in [0.3, 0.4) is 0 Å². The van der Waals surface area contributed by atoms with E-state index in [0.29, 0.717) is 0 Å². The zero-order valence-electron chi connectivity index (χ0n) is 7.40. The number of likely N-dealkylation sites (tertiary alicyclic amines) is 1. The zero-order chi connectivity index (χ0) is 9.35. The van der Waals surface area contributed by atoms with Crippen LogP contribution in [0.5, 0.6) is 0 Å². The van der Waals surface area contributed by atoms with Gasteiger partial charge in [0.2, 0.25) is 0 Å². The van der Waals surface area contributed by atoms with Crippen molar-refractivity contribution in [1.29, 1.82) is 0 Å². The molecule has 5 heteroatoms. The highest BCUT2D eigenvalue weighted by molar-refractivity contribution is 7.86. The monoisotopic (exact) mass is 193 g/mol. The third-order valence-corrected chi connectivity index (χ3v) is 3.84. The van der Waals surface area contributed by atoms with E-state index in [4.69, 9.17) is 4.55 Å². The lowest BCUT2D eigenvalue weighted by Crippen LogP contribution is -2.39. The molecule has 0 spiro atoms. The first-order valence-electron chi connectivity index (χ1n) is 4.09. The molecule has 1 rings (SSSR count). The first-order valence-corrected chi connectivity index (χ1v) is 5.60. The van der Waals surface area contributed by atoms with Crippen molar-refractivity contribution in [1.82, 2.24) is 4.90 Å². The minimum absolute atomic E-state index is 0.0139. The molecular formula is C7H15NO3S. The van der Waals surface area contributed by atoms with Crippen molar-refractivity contribution >= 4 is 10.1 Å². The van der Waals surface area contributed by atoms with Crippen molar-refractivity contribution in [2.75, 3.05) is 13.6 Å². The summed E-state index contributed by atoms with van der Waals surface area (Å²) in [7, 11) is -1.97. The highest BCUT2D eigenvalue weighted by Crippen LogP contribution is 2.21.